The van der Waals surface area contributed by atoms with Gasteiger partial charge < -0.3 is 9.80 Å². The number of carbonyl (C=O) groups is 1. The number of amides is 1. The number of hydrogen-bond donors (Lipinski definition) is 1. The molecule has 2 fully saturated rings. The molecule has 1 amide bonds. The van der Waals surface area contributed by atoms with Crippen molar-refractivity contribution in [2.75, 3.05) is 37.6 Å². The molecule has 2 heterocycles. The van der Waals surface area contributed by atoms with Gasteiger partial charge in [-0.15, -0.1) is 0 Å². The standard InChI is InChI=1S/C21H31N3O3S/c1-16-4-2-11-23(15-16)12-3-10-22-28(26,27)19-7-8-20-18(14-19)9-13-24(20)21(25)17-5-6-17/h7-8,14,16-17,22H,2-6,9-13,15H2,1H3/t16-/m0/s1. The number of nitrogens with zero attached hydrogens (tertiary/aromatic N) is 2. The first kappa shape index (κ1) is 19.9. The van der Waals surface area contributed by atoms with Crippen molar-refractivity contribution in [3.63, 3.8) is 0 Å². The summed E-state index contributed by atoms with van der Waals surface area (Å²) >= 11 is 0. The molecule has 1 N–H and O–H groups in total. The van der Waals surface area contributed by atoms with Crippen LogP contribution in [0.1, 0.15) is 44.6 Å². The number of rotatable bonds is 7. The zero-order valence-corrected chi connectivity index (χ0v) is 17.5. The summed E-state index contributed by atoms with van der Waals surface area (Å²) in [7, 11) is -3.51. The van der Waals surface area contributed by atoms with Crippen molar-refractivity contribution in [3.05, 3.63) is 23.8 Å². The molecule has 1 saturated carbocycles. The Hall–Kier alpha value is -1.44. The average Bonchev–Trinajstić information content (AvgIpc) is 3.44. The number of sulfonamides is 1. The van der Waals surface area contributed by atoms with Crippen molar-refractivity contribution in [1.29, 1.82) is 0 Å². The highest BCUT2D eigenvalue weighted by Crippen LogP contribution is 2.37. The van der Waals surface area contributed by atoms with E-state index in [-0.39, 0.29) is 11.8 Å². The fourth-order valence-corrected chi connectivity index (χ4v) is 5.53. The summed E-state index contributed by atoms with van der Waals surface area (Å²) in [5.41, 5.74) is 1.84. The minimum atomic E-state index is -3.51. The molecule has 154 valence electrons. The van der Waals surface area contributed by atoms with Crippen LogP contribution in [-0.2, 0) is 21.2 Å². The van der Waals surface area contributed by atoms with Gasteiger partial charge in [-0.3, -0.25) is 4.79 Å². The van der Waals surface area contributed by atoms with Crippen LogP contribution < -0.4 is 9.62 Å². The van der Waals surface area contributed by atoms with E-state index >= 15 is 0 Å². The van der Waals surface area contributed by atoms with Gasteiger partial charge in [-0.1, -0.05) is 6.92 Å². The molecule has 6 nitrogen and oxygen atoms in total. The summed E-state index contributed by atoms with van der Waals surface area (Å²) in [4.78, 5) is 16.9. The maximum absolute atomic E-state index is 12.7. The van der Waals surface area contributed by atoms with Crippen LogP contribution in [-0.4, -0.2) is 51.9 Å². The lowest BCUT2D eigenvalue weighted by Gasteiger charge is -2.30. The number of fused-ring (bicyclic) bond motifs is 1. The number of hydrogen-bond acceptors (Lipinski definition) is 4. The minimum absolute atomic E-state index is 0.180. The lowest BCUT2D eigenvalue weighted by atomic mass is 10.0. The van der Waals surface area contributed by atoms with Gasteiger partial charge in [-0.05, 0) is 81.3 Å². The summed E-state index contributed by atoms with van der Waals surface area (Å²) in [5, 5.41) is 0. The lowest BCUT2D eigenvalue weighted by Crippen LogP contribution is -2.36. The van der Waals surface area contributed by atoms with Crippen LogP contribution in [0.2, 0.25) is 0 Å². The minimum Gasteiger partial charge on any atom is -0.312 e. The summed E-state index contributed by atoms with van der Waals surface area (Å²) in [5.74, 6) is 1.11. The summed E-state index contributed by atoms with van der Waals surface area (Å²) in [6.07, 6.45) is 6.05. The number of likely N-dealkylation sites (tertiary alicyclic amines) is 1. The Morgan fingerprint density at radius 2 is 2.04 bits per heavy atom. The van der Waals surface area contributed by atoms with E-state index in [1.807, 2.05) is 4.90 Å². The predicted octanol–water partition coefficient (Wildman–Crippen LogP) is 2.39. The fourth-order valence-electron chi connectivity index (χ4n) is 4.41. The van der Waals surface area contributed by atoms with Crippen molar-refractivity contribution in [2.24, 2.45) is 11.8 Å². The second-order valence-electron chi connectivity index (χ2n) is 8.60. The van der Waals surface area contributed by atoms with Gasteiger partial charge in [0.25, 0.3) is 0 Å². The molecule has 0 radical (unpaired) electrons. The van der Waals surface area contributed by atoms with Crippen LogP contribution in [0.5, 0.6) is 0 Å². The van der Waals surface area contributed by atoms with Crippen molar-refractivity contribution in [3.8, 4) is 0 Å². The Labute approximate surface area is 168 Å². The maximum atomic E-state index is 12.7. The van der Waals surface area contributed by atoms with Crippen LogP contribution in [0.4, 0.5) is 5.69 Å². The SMILES string of the molecule is C[C@H]1CCCN(CCCNS(=O)(=O)c2ccc3c(c2)CCN3C(=O)C2CC2)C1. The monoisotopic (exact) mass is 405 g/mol. The Balaban J connectivity index is 1.32. The summed E-state index contributed by atoms with van der Waals surface area (Å²) < 4.78 is 28.1. The van der Waals surface area contributed by atoms with Crippen LogP contribution in [0.3, 0.4) is 0 Å². The molecule has 7 heteroatoms. The van der Waals surface area contributed by atoms with Crippen molar-refractivity contribution < 1.29 is 13.2 Å². The fraction of sp³-hybridized carbons (Fsp3) is 0.667. The van der Waals surface area contributed by atoms with Crippen LogP contribution >= 0.6 is 0 Å². The number of piperidine rings is 1. The van der Waals surface area contributed by atoms with E-state index in [9.17, 15) is 13.2 Å². The van der Waals surface area contributed by atoms with Gasteiger partial charge in [-0.25, -0.2) is 13.1 Å². The lowest BCUT2D eigenvalue weighted by molar-refractivity contribution is -0.119. The molecule has 1 saturated heterocycles. The molecular formula is C21H31N3O3S. The molecule has 0 spiro atoms. The molecular weight excluding hydrogens is 374 g/mol. The normalized spacial score (nSPS) is 23.0. The third-order valence-corrected chi connectivity index (χ3v) is 7.59. The number of carbonyl (C=O) groups excluding carboxylic acids is 1. The van der Waals surface area contributed by atoms with Gasteiger partial charge in [0, 0.05) is 31.2 Å². The van der Waals surface area contributed by atoms with Crippen molar-refractivity contribution >= 4 is 21.6 Å². The highest BCUT2D eigenvalue weighted by molar-refractivity contribution is 7.89. The smallest absolute Gasteiger partial charge is 0.240 e. The van der Waals surface area contributed by atoms with E-state index in [1.165, 1.54) is 12.8 Å². The van der Waals surface area contributed by atoms with E-state index in [1.54, 1.807) is 18.2 Å². The van der Waals surface area contributed by atoms with E-state index in [4.69, 9.17) is 0 Å². The largest absolute Gasteiger partial charge is 0.312 e. The second kappa shape index (κ2) is 8.13. The van der Waals surface area contributed by atoms with Gasteiger partial charge in [-0.2, -0.15) is 0 Å². The molecule has 1 aliphatic carbocycles. The highest BCUT2D eigenvalue weighted by atomic mass is 32.2. The number of anilines is 1. The average molecular weight is 406 g/mol. The second-order valence-corrected chi connectivity index (χ2v) is 10.4. The molecule has 1 aromatic rings. The summed E-state index contributed by atoms with van der Waals surface area (Å²) in [6.45, 7) is 6.58. The Kier molecular flexibility index (Phi) is 5.76. The third-order valence-electron chi connectivity index (χ3n) is 6.13. The topological polar surface area (TPSA) is 69.7 Å². The summed E-state index contributed by atoms with van der Waals surface area (Å²) in [6, 6.07) is 5.17. The van der Waals surface area contributed by atoms with Gasteiger partial charge in [0.2, 0.25) is 15.9 Å². The molecule has 0 aromatic heterocycles. The zero-order chi connectivity index (χ0) is 19.7. The van der Waals surface area contributed by atoms with Gasteiger partial charge in [0.15, 0.2) is 0 Å². The number of benzene rings is 1. The molecule has 0 unspecified atom stereocenters. The van der Waals surface area contributed by atoms with Crippen molar-refractivity contribution in [2.45, 2.75) is 50.3 Å². The third kappa shape index (κ3) is 4.42. The van der Waals surface area contributed by atoms with Crippen LogP contribution in [0, 0.1) is 11.8 Å². The highest BCUT2D eigenvalue weighted by Gasteiger charge is 2.36. The maximum Gasteiger partial charge on any atom is 0.240 e. The molecule has 0 bridgehead atoms. The van der Waals surface area contributed by atoms with E-state index in [0.29, 0.717) is 18.0 Å². The van der Waals surface area contributed by atoms with Gasteiger partial charge >= 0.3 is 0 Å². The van der Waals surface area contributed by atoms with Crippen molar-refractivity contribution in [1.82, 2.24) is 9.62 Å². The first-order valence-electron chi connectivity index (χ1n) is 10.6. The zero-order valence-electron chi connectivity index (χ0n) is 16.7. The molecule has 28 heavy (non-hydrogen) atoms. The first-order valence-corrected chi connectivity index (χ1v) is 12.1. The molecule has 3 aliphatic rings. The van der Waals surface area contributed by atoms with Crippen LogP contribution in [0.25, 0.3) is 0 Å². The number of nitrogens with one attached hydrogen (secondary N) is 1. The van der Waals surface area contributed by atoms with E-state index in [0.717, 1.165) is 62.5 Å². The Bertz CT molecular complexity index is 835. The van der Waals surface area contributed by atoms with E-state index < -0.39 is 10.0 Å². The first-order chi connectivity index (χ1) is 13.4. The van der Waals surface area contributed by atoms with Gasteiger partial charge in [0.1, 0.15) is 0 Å². The predicted molar refractivity (Wildman–Crippen MR) is 110 cm³/mol. The molecule has 2 aliphatic heterocycles. The van der Waals surface area contributed by atoms with Crippen LogP contribution in [0.15, 0.2) is 23.1 Å². The van der Waals surface area contributed by atoms with E-state index in [2.05, 4.69) is 16.5 Å². The molecule has 1 aromatic carbocycles. The molecule has 1 atom stereocenters. The van der Waals surface area contributed by atoms with Gasteiger partial charge in [0.05, 0.1) is 4.90 Å². The molecule has 4 rings (SSSR count). The quantitative estimate of drug-likeness (QED) is 0.707. The Morgan fingerprint density at radius 3 is 2.79 bits per heavy atom. The Morgan fingerprint density at radius 1 is 1.21 bits per heavy atom.